The maximum Gasteiger partial charge on any atom is 0.293 e. The molecule has 0 aromatic heterocycles. The van der Waals surface area contributed by atoms with E-state index in [1.54, 1.807) is 12.1 Å². The van der Waals surface area contributed by atoms with Gasteiger partial charge in [-0.25, -0.2) is 13.6 Å². The first-order chi connectivity index (χ1) is 14.5. The number of nitrogens with two attached hydrogens (primary N) is 1. The molecule has 0 fully saturated rings. The van der Waals surface area contributed by atoms with Crippen molar-refractivity contribution in [1.29, 1.82) is 0 Å². The van der Waals surface area contributed by atoms with Crippen LogP contribution in [0.3, 0.4) is 0 Å². The van der Waals surface area contributed by atoms with Gasteiger partial charge in [-0.3, -0.25) is 14.9 Å². The third kappa shape index (κ3) is 5.22. The molecule has 4 N–H and O–H groups in total. The van der Waals surface area contributed by atoms with E-state index in [0.29, 0.717) is 11.5 Å². The van der Waals surface area contributed by atoms with Crippen molar-refractivity contribution in [2.45, 2.75) is 30.7 Å². The number of nitro groups is 1. The van der Waals surface area contributed by atoms with Crippen molar-refractivity contribution < 1.29 is 27.6 Å². The van der Waals surface area contributed by atoms with Gasteiger partial charge in [0, 0.05) is 19.0 Å². The number of nitrogens with one attached hydrogen (secondary N) is 2. The number of carbonyl (C=O) groups is 1. The molecule has 0 spiro atoms. The fourth-order valence-electron chi connectivity index (χ4n) is 3.07. The molecule has 0 radical (unpaired) electrons. The van der Waals surface area contributed by atoms with E-state index in [2.05, 4.69) is 10.6 Å². The SMILES string of the molecule is CC(C)(NC(=O)CCNc1ccc(S(N)(=O)=O)cc1[N+](=O)[O-])c1ccc2c(c1)OCO2. The molecule has 31 heavy (non-hydrogen) atoms. The van der Waals surface area contributed by atoms with Gasteiger partial charge in [-0.15, -0.1) is 0 Å². The molecular weight excluding hydrogens is 428 g/mol. The normalized spacial score (nSPS) is 13.0. The Bertz CT molecular complexity index is 1130. The van der Waals surface area contributed by atoms with Crippen molar-refractivity contribution in [3.63, 3.8) is 0 Å². The van der Waals surface area contributed by atoms with Crippen LogP contribution in [0.4, 0.5) is 11.4 Å². The van der Waals surface area contributed by atoms with Crippen molar-refractivity contribution >= 4 is 27.3 Å². The predicted molar refractivity (Wildman–Crippen MR) is 111 cm³/mol. The molecule has 1 heterocycles. The van der Waals surface area contributed by atoms with E-state index < -0.39 is 26.2 Å². The second-order valence-corrected chi connectivity index (χ2v) is 8.96. The predicted octanol–water partition coefficient (Wildman–Crippen LogP) is 1.82. The van der Waals surface area contributed by atoms with Crippen LogP contribution in [0.15, 0.2) is 41.3 Å². The van der Waals surface area contributed by atoms with Crippen molar-refractivity contribution in [1.82, 2.24) is 5.32 Å². The summed E-state index contributed by atoms with van der Waals surface area (Å²) in [5.74, 6) is 0.973. The Morgan fingerprint density at radius 3 is 2.58 bits per heavy atom. The minimum absolute atomic E-state index is 0.0298. The number of amides is 1. The minimum Gasteiger partial charge on any atom is -0.454 e. The molecule has 0 aliphatic carbocycles. The molecule has 12 heteroatoms. The topological polar surface area (TPSA) is 163 Å². The van der Waals surface area contributed by atoms with E-state index in [4.69, 9.17) is 14.6 Å². The molecule has 166 valence electrons. The molecule has 2 aromatic carbocycles. The largest absolute Gasteiger partial charge is 0.454 e. The van der Waals surface area contributed by atoms with Crippen molar-refractivity contribution in [2.24, 2.45) is 5.14 Å². The number of hydrogen-bond donors (Lipinski definition) is 3. The van der Waals surface area contributed by atoms with E-state index in [1.165, 1.54) is 6.07 Å². The molecule has 0 saturated heterocycles. The highest BCUT2D eigenvalue weighted by atomic mass is 32.2. The Morgan fingerprint density at radius 2 is 1.90 bits per heavy atom. The van der Waals surface area contributed by atoms with E-state index in [9.17, 15) is 23.3 Å². The van der Waals surface area contributed by atoms with Gasteiger partial charge in [-0.1, -0.05) is 6.07 Å². The smallest absolute Gasteiger partial charge is 0.293 e. The summed E-state index contributed by atoms with van der Waals surface area (Å²) in [5, 5.41) is 22.0. The standard InChI is InChI=1S/C19H22N4O7S/c1-19(2,12-3-6-16-17(9-12)30-11-29-16)22-18(24)7-8-21-14-5-4-13(31(20,27)28)10-15(14)23(25)26/h3-6,9-10,21H,7-8,11H2,1-2H3,(H,22,24)(H2,20,27,28). The van der Waals surface area contributed by atoms with Gasteiger partial charge in [0.25, 0.3) is 5.69 Å². The summed E-state index contributed by atoms with van der Waals surface area (Å²) >= 11 is 0. The van der Waals surface area contributed by atoms with Gasteiger partial charge >= 0.3 is 0 Å². The number of rotatable bonds is 8. The highest BCUT2D eigenvalue weighted by Crippen LogP contribution is 2.35. The zero-order chi connectivity index (χ0) is 22.8. The van der Waals surface area contributed by atoms with Crippen LogP contribution in [0.5, 0.6) is 11.5 Å². The molecule has 0 atom stereocenters. The van der Waals surface area contributed by atoms with Crippen LogP contribution in [-0.2, 0) is 20.4 Å². The van der Waals surface area contributed by atoms with Gasteiger partial charge in [0.1, 0.15) is 5.69 Å². The maximum atomic E-state index is 12.4. The quantitative estimate of drug-likeness (QED) is 0.405. The molecule has 11 nitrogen and oxygen atoms in total. The number of nitro benzene ring substituents is 1. The maximum absolute atomic E-state index is 12.4. The van der Waals surface area contributed by atoms with Crippen LogP contribution in [0.25, 0.3) is 0 Å². The fraction of sp³-hybridized carbons (Fsp3) is 0.316. The Hall–Kier alpha value is -3.38. The number of fused-ring (bicyclic) bond motifs is 1. The van der Waals surface area contributed by atoms with Gasteiger partial charge in [-0.2, -0.15) is 0 Å². The van der Waals surface area contributed by atoms with Crippen molar-refractivity contribution in [2.75, 3.05) is 18.7 Å². The summed E-state index contributed by atoms with van der Waals surface area (Å²) in [6, 6.07) is 8.69. The third-order valence-electron chi connectivity index (χ3n) is 4.71. The number of anilines is 1. The lowest BCUT2D eigenvalue weighted by Crippen LogP contribution is -2.41. The van der Waals surface area contributed by atoms with Crippen LogP contribution < -0.4 is 25.2 Å². The number of ether oxygens (including phenoxy) is 2. The number of benzene rings is 2. The lowest BCUT2D eigenvalue weighted by atomic mass is 9.93. The van der Waals surface area contributed by atoms with Crippen LogP contribution in [-0.4, -0.2) is 32.6 Å². The molecule has 3 rings (SSSR count). The molecule has 0 bridgehead atoms. The second kappa shape index (κ2) is 8.40. The van der Waals surface area contributed by atoms with Crippen LogP contribution in [0.2, 0.25) is 0 Å². The first kappa shape index (κ1) is 22.3. The third-order valence-corrected chi connectivity index (χ3v) is 5.62. The van der Waals surface area contributed by atoms with E-state index in [0.717, 1.165) is 17.7 Å². The first-order valence-corrected chi connectivity index (χ1v) is 10.8. The Kier molecular flexibility index (Phi) is 6.04. The molecule has 1 amide bonds. The first-order valence-electron chi connectivity index (χ1n) is 9.23. The highest BCUT2D eigenvalue weighted by Gasteiger charge is 2.26. The van der Waals surface area contributed by atoms with Crippen LogP contribution in [0, 0.1) is 10.1 Å². The number of primary sulfonamides is 1. The molecule has 1 aliphatic rings. The number of hydrogen-bond acceptors (Lipinski definition) is 8. The number of sulfonamides is 1. The molecule has 0 unspecified atom stereocenters. The van der Waals surface area contributed by atoms with Crippen molar-refractivity contribution in [3.05, 3.63) is 52.1 Å². The lowest BCUT2D eigenvalue weighted by molar-refractivity contribution is -0.384. The van der Waals surface area contributed by atoms with Crippen LogP contribution >= 0.6 is 0 Å². The Balaban J connectivity index is 1.62. The van der Waals surface area contributed by atoms with E-state index in [1.807, 2.05) is 19.9 Å². The van der Waals surface area contributed by atoms with Gasteiger partial charge in [0.15, 0.2) is 11.5 Å². The lowest BCUT2D eigenvalue weighted by Gasteiger charge is -2.27. The summed E-state index contributed by atoms with van der Waals surface area (Å²) in [5.41, 5.74) is -0.235. The zero-order valence-corrected chi connectivity index (χ0v) is 17.7. The molecule has 2 aromatic rings. The Morgan fingerprint density at radius 1 is 1.19 bits per heavy atom. The molecule has 1 aliphatic heterocycles. The highest BCUT2D eigenvalue weighted by molar-refractivity contribution is 7.89. The second-order valence-electron chi connectivity index (χ2n) is 7.40. The van der Waals surface area contributed by atoms with Gasteiger partial charge < -0.3 is 20.1 Å². The van der Waals surface area contributed by atoms with Crippen LogP contribution in [0.1, 0.15) is 25.8 Å². The van der Waals surface area contributed by atoms with Gasteiger partial charge in [0.05, 0.1) is 15.4 Å². The van der Waals surface area contributed by atoms with Gasteiger partial charge in [-0.05, 0) is 43.7 Å². The van der Waals surface area contributed by atoms with Gasteiger partial charge in [0.2, 0.25) is 22.7 Å². The summed E-state index contributed by atoms with van der Waals surface area (Å²) in [4.78, 5) is 22.6. The van der Waals surface area contributed by atoms with E-state index >= 15 is 0 Å². The summed E-state index contributed by atoms with van der Waals surface area (Å²) in [7, 11) is -4.07. The minimum atomic E-state index is -4.07. The number of carbonyl (C=O) groups excluding carboxylic acids is 1. The van der Waals surface area contributed by atoms with Crippen molar-refractivity contribution in [3.8, 4) is 11.5 Å². The molecular formula is C19H22N4O7S. The summed E-state index contributed by atoms with van der Waals surface area (Å²) in [6.45, 7) is 3.93. The monoisotopic (exact) mass is 450 g/mol. The van der Waals surface area contributed by atoms with E-state index in [-0.39, 0.29) is 36.2 Å². The Labute approximate surface area is 178 Å². The summed E-state index contributed by atoms with van der Waals surface area (Å²) in [6.07, 6.45) is 0.0298. The fourth-order valence-corrected chi connectivity index (χ4v) is 3.60. The molecule has 0 saturated carbocycles. The average molecular weight is 450 g/mol. The summed E-state index contributed by atoms with van der Waals surface area (Å²) < 4.78 is 33.5. The zero-order valence-electron chi connectivity index (χ0n) is 16.9. The number of nitrogens with zero attached hydrogens (tertiary/aromatic N) is 1. The average Bonchev–Trinajstić information content (AvgIpc) is 3.14.